The third-order valence-corrected chi connectivity index (χ3v) is 3.01. The number of ketones is 1. The van der Waals surface area contributed by atoms with E-state index < -0.39 is 0 Å². The molecule has 0 atom stereocenters. The zero-order valence-electron chi connectivity index (χ0n) is 12.1. The number of carbonyl (C=O) groups excluding carboxylic acids is 4. The number of Topliss-reactive ketones (excluding diaryl/α,β-unsaturated/α-hetero) is 1. The van der Waals surface area contributed by atoms with Crippen molar-refractivity contribution in [3.8, 4) is 0 Å². The molecule has 1 aliphatic rings. The van der Waals surface area contributed by atoms with Crippen molar-refractivity contribution in [2.75, 3.05) is 26.8 Å². The SMILES string of the molecule is CNC(=O)CCOCCCC(=O)CCN1C(=O)C=CC1=O. The van der Waals surface area contributed by atoms with Gasteiger partial charge in [0.2, 0.25) is 5.91 Å². The number of hydrogen-bond donors (Lipinski definition) is 1. The molecule has 7 nitrogen and oxygen atoms in total. The fourth-order valence-electron chi connectivity index (χ4n) is 1.78. The number of rotatable bonds is 10. The Morgan fingerprint density at radius 1 is 1.10 bits per heavy atom. The number of nitrogens with one attached hydrogen (secondary N) is 1. The highest BCUT2D eigenvalue weighted by atomic mass is 16.5. The highest BCUT2D eigenvalue weighted by Crippen LogP contribution is 2.06. The van der Waals surface area contributed by atoms with Gasteiger partial charge in [-0.05, 0) is 6.42 Å². The third-order valence-electron chi connectivity index (χ3n) is 3.01. The molecule has 0 aromatic rings. The first-order valence-electron chi connectivity index (χ1n) is 6.88. The minimum atomic E-state index is -0.370. The molecule has 0 radical (unpaired) electrons. The summed E-state index contributed by atoms with van der Waals surface area (Å²) in [5.74, 6) is -0.840. The molecule has 7 heteroatoms. The Morgan fingerprint density at radius 2 is 1.76 bits per heavy atom. The van der Waals surface area contributed by atoms with Gasteiger partial charge in [-0.3, -0.25) is 24.1 Å². The summed E-state index contributed by atoms with van der Waals surface area (Å²) in [5, 5.41) is 2.49. The van der Waals surface area contributed by atoms with Gasteiger partial charge in [-0.25, -0.2) is 0 Å². The van der Waals surface area contributed by atoms with Crippen LogP contribution in [0.5, 0.6) is 0 Å². The first kappa shape index (κ1) is 17.0. The van der Waals surface area contributed by atoms with Gasteiger partial charge >= 0.3 is 0 Å². The van der Waals surface area contributed by atoms with Crippen molar-refractivity contribution < 1.29 is 23.9 Å². The highest BCUT2D eigenvalue weighted by molar-refractivity contribution is 6.13. The number of amides is 3. The monoisotopic (exact) mass is 296 g/mol. The van der Waals surface area contributed by atoms with Crippen LogP contribution in [0.15, 0.2) is 12.2 Å². The molecule has 116 valence electrons. The van der Waals surface area contributed by atoms with Crippen LogP contribution >= 0.6 is 0 Å². The normalized spacial score (nSPS) is 13.9. The van der Waals surface area contributed by atoms with Crippen LogP contribution in [0.4, 0.5) is 0 Å². The second-order valence-corrected chi connectivity index (χ2v) is 4.59. The average molecular weight is 296 g/mol. The molecule has 0 spiro atoms. The van der Waals surface area contributed by atoms with E-state index in [1.165, 1.54) is 12.2 Å². The largest absolute Gasteiger partial charge is 0.381 e. The molecule has 1 N–H and O–H groups in total. The van der Waals surface area contributed by atoms with Crippen LogP contribution in [0.3, 0.4) is 0 Å². The maximum Gasteiger partial charge on any atom is 0.253 e. The van der Waals surface area contributed by atoms with Gasteiger partial charge in [0.05, 0.1) is 6.61 Å². The number of ether oxygens (including phenoxy) is 1. The fraction of sp³-hybridized carbons (Fsp3) is 0.571. The molecule has 0 saturated carbocycles. The summed E-state index contributed by atoms with van der Waals surface area (Å²) in [7, 11) is 1.56. The predicted octanol–water partition coefficient (Wildman–Crippen LogP) is -0.197. The molecular weight excluding hydrogens is 276 g/mol. The summed E-state index contributed by atoms with van der Waals surface area (Å²) < 4.78 is 5.23. The van der Waals surface area contributed by atoms with Crippen molar-refractivity contribution >= 4 is 23.5 Å². The Balaban J connectivity index is 2.03. The minimum Gasteiger partial charge on any atom is -0.381 e. The topological polar surface area (TPSA) is 92.8 Å². The Kier molecular flexibility index (Phi) is 7.31. The molecule has 0 unspecified atom stereocenters. The molecule has 0 saturated heterocycles. The minimum absolute atomic E-state index is 0.0163. The Bertz CT molecular complexity index is 427. The summed E-state index contributed by atoms with van der Waals surface area (Å²) in [5.41, 5.74) is 0. The highest BCUT2D eigenvalue weighted by Gasteiger charge is 2.23. The summed E-state index contributed by atoms with van der Waals surface area (Å²) in [6.45, 7) is 0.864. The molecule has 0 aromatic carbocycles. The Labute approximate surface area is 123 Å². The second kappa shape index (κ2) is 9.02. The van der Waals surface area contributed by atoms with Gasteiger partial charge in [-0.1, -0.05) is 0 Å². The van der Waals surface area contributed by atoms with Crippen LogP contribution in [-0.2, 0) is 23.9 Å². The van der Waals surface area contributed by atoms with Crippen LogP contribution in [0.2, 0.25) is 0 Å². The predicted molar refractivity (Wildman–Crippen MR) is 74.2 cm³/mol. The van der Waals surface area contributed by atoms with Crippen LogP contribution in [0, 0.1) is 0 Å². The smallest absolute Gasteiger partial charge is 0.253 e. The summed E-state index contributed by atoms with van der Waals surface area (Å²) in [6.07, 6.45) is 3.77. The van der Waals surface area contributed by atoms with Crippen molar-refractivity contribution in [3.63, 3.8) is 0 Å². The maximum absolute atomic E-state index is 11.6. The van der Waals surface area contributed by atoms with Crippen molar-refractivity contribution in [3.05, 3.63) is 12.2 Å². The van der Waals surface area contributed by atoms with Crippen molar-refractivity contribution in [2.45, 2.75) is 25.7 Å². The first-order valence-corrected chi connectivity index (χ1v) is 6.88. The molecular formula is C14H20N2O5. The first-order chi connectivity index (χ1) is 10.0. The van der Waals surface area contributed by atoms with E-state index in [4.69, 9.17) is 4.74 Å². The van der Waals surface area contributed by atoms with Crippen LogP contribution < -0.4 is 5.32 Å². The van der Waals surface area contributed by atoms with Gasteiger partial charge in [0, 0.05) is 51.6 Å². The zero-order chi connectivity index (χ0) is 15.7. The van der Waals surface area contributed by atoms with Gasteiger partial charge in [0.15, 0.2) is 0 Å². The molecule has 0 aliphatic carbocycles. The quantitative estimate of drug-likeness (QED) is 0.445. The van der Waals surface area contributed by atoms with Crippen LogP contribution in [0.25, 0.3) is 0 Å². The van der Waals surface area contributed by atoms with Crippen LogP contribution in [-0.4, -0.2) is 55.2 Å². The van der Waals surface area contributed by atoms with Crippen molar-refractivity contribution in [1.82, 2.24) is 10.2 Å². The third kappa shape index (κ3) is 6.31. The molecule has 3 amide bonds. The summed E-state index contributed by atoms with van der Waals surface area (Å²) >= 11 is 0. The van der Waals surface area contributed by atoms with E-state index in [2.05, 4.69) is 5.32 Å². The van der Waals surface area contributed by atoms with Gasteiger partial charge in [0.25, 0.3) is 11.8 Å². The molecule has 0 fully saturated rings. The van der Waals surface area contributed by atoms with E-state index in [0.29, 0.717) is 32.5 Å². The summed E-state index contributed by atoms with van der Waals surface area (Å²) in [4.78, 5) is 46.1. The van der Waals surface area contributed by atoms with Crippen LogP contribution in [0.1, 0.15) is 25.7 Å². The number of hydrogen-bond acceptors (Lipinski definition) is 5. The van der Waals surface area contributed by atoms with E-state index in [1.54, 1.807) is 7.05 Å². The number of nitrogens with zero attached hydrogens (tertiary/aromatic N) is 1. The van der Waals surface area contributed by atoms with E-state index in [9.17, 15) is 19.2 Å². The maximum atomic E-state index is 11.6. The molecule has 21 heavy (non-hydrogen) atoms. The standard InChI is InChI=1S/C14H20N2O5/c1-15-12(18)7-10-21-9-2-3-11(17)6-8-16-13(19)4-5-14(16)20/h4-5H,2-3,6-10H2,1H3,(H,15,18). The van der Waals surface area contributed by atoms with Gasteiger partial charge in [0.1, 0.15) is 5.78 Å². The molecule has 1 heterocycles. The molecule has 0 aromatic heterocycles. The van der Waals surface area contributed by atoms with E-state index in [1.807, 2.05) is 0 Å². The Hall–Kier alpha value is -2.02. The number of imide groups is 1. The zero-order valence-corrected chi connectivity index (χ0v) is 12.1. The second-order valence-electron chi connectivity index (χ2n) is 4.59. The lowest BCUT2D eigenvalue weighted by Gasteiger charge is -2.12. The molecule has 0 bridgehead atoms. The molecule has 1 rings (SSSR count). The van der Waals surface area contributed by atoms with E-state index >= 15 is 0 Å². The van der Waals surface area contributed by atoms with Crippen molar-refractivity contribution in [1.29, 1.82) is 0 Å². The van der Waals surface area contributed by atoms with Gasteiger partial charge < -0.3 is 10.1 Å². The lowest BCUT2D eigenvalue weighted by Crippen LogP contribution is -2.32. The van der Waals surface area contributed by atoms with Crippen molar-refractivity contribution in [2.24, 2.45) is 0 Å². The average Bonchev–Trinajstić information content (AvgIpc) is 2.79. The van der Waals surface area contributed by atoms with E-state index in [-0.39, 0.29) is 36.5 Å². The lowest BCUT2D eigenvalue weighted by atomic mass is 10.1. The van der Waals surface area contributed by atoms with E-state index in [0.717, 1.165) is 4.90 Å². The number of carbonyl (C=O) groups is 4. The van der Waals surface area contributed by atoms with Gasteiger partial charge in [-0.2, -0.15) is 0 Å². The summed E-state index contributed by atoms with van der Waals surface area (Å²) in [6, 6.07) is 0. The molecule has 1 aliphatic heterocycles. The lowest BCUT2D eigenvalue weighted by molar-refractivity contribution is -0.137. The van der Waals surface area contributed by atoms with Gasteiger partial charge in [-0.15, -0.1) is 0 Å². The Morgan fingerprint density at radius 3 is 2.38 bits per heavy atom. The fourth-order valence-corrected chi connectivity index (χ4v) is 1.78.